The minimum atomic E-state index is -3.27. The number of hydrogen-bond donors (Lipinski definition) is 1. The molecule has 0 saturated heterocycles. The lowest BCUT2D eigenvalue weighted by Crippen LogP contribution is -2.33. The van der Waals surface area contributed by atoms with Crippen molar-refractivity contribution in [3.05, 3.63) is 34.3 Å². The van der Waals surface area contributed by atoms with E-state index >= 15 is 0 Å². The normalized spacial score (nSPS) is 11.6. The summed E-state index contributed by atoms with van der Waals surface area (Å²) in [6.45, 7) is 0.0927. The maximum atomic E-state index is 11.7. The number of amides is 1. The predicted octanol–water partition coefficient (Wildman–Crippen LogP) is 1.07. The summed E-state index contributed by atoms with van der Waals surface area (Å²) < 4.78 is 24.9. The van der Waals surface area contributed by atoms with Gasteiger partial charge in [-0.3, -0.25) is 4.79 Å². The minimum Gasteiger partial charge on any atom is -0.351 e. The first-order valence-corrected chi connectivity index (χ1v) is 7.67. The van der Waals surface area contributed by atoms with Gasteiger partial charge in [0.05, 0.1) is 5.75 Å². The zero-order valence-electron chi connectivity index (χ0n) is 10.2. The predicted molar refractivity (Wildman–Crippen MR) is 73.9 cm³/mol. The Bertz CT molecular complexity index is 512. The van der Waals surface area contributed by atoms with Gasteiger partial charge in [-0.15, -0.1) is 0 Å². The molecule has 0 atom stereocenters. The molecule has 1 aromatic rings. The van der Waals surface area contributed by atoms with Crippen molar-refractivity contribution < 1.29 is 13.2 Å². The highest BCUT2D eigenvalue weighted by molar-refractivity contribution is 9.10. The number of nitrogens with one attached hydrogen (secondary N) is 1. The maximum absolute atomic E-state index is 11.7. The average Bonchev–Trinajstić information content (AvgIpc) is 2.29. The number of rotatable bonds is 5. The van der Waals surface area contributed by atoms with Crippen LogP contribution in [0.25, 0.3) is 0 Å². The lowest BCUT2D eigenvalue weighted by molar-refractivity contribution is 0.0956. The van der Waals surface area contributed by atoms with Gasteiger partial charge in [0, 0.05) is 30.7 Å². The molecule has 0 bridgehead atoms. The lowest BCUT2D eigenvalue weighted by atomic mass is 10.2. The molecule has 0 fully saturated rings. The first-order chi connectivity index (χ1) is 8.33. The molecule has 1 amide bonds. The molecule has 0 radical (unpaired) electrons. The van der Waals surface area contributed by atoms with Crippen LogP contribution < -0.4 is 5.32 Å². The van der Waals surface area contributed by atoms with Gasteiger partial charge >= 0.3 is 0 Å². The second-order valence-electron chi connectivity index (χ2n) is 3.86. The standard InChI is InChI=1S/C11H15BrN2O3S/c1-14(2)18(16,17)8-7-13-11(15)9-3-5-10(12)6-4-9/h3-6H,7-8H2,1-2H3,(H,13,15). The van der Waals surface area contributed by atoms with Gasteiger partial charge in [0.1, 0.15) is 0 Å². The van der Waals surface area contributed by atoms with Crippen LogP contribution in [0, 0.1) is 0 Å². The van der Waals surface area contributed by atoms with E-state index in [9.17, 15) is 13.2 Å². The molecule has 0 spiro atoms. The molecular formula is C11H15BrN2O3S. The Kier molecular flexibility index (Phi) is 5.30. The number of benzene rings is 1. The molecule has 0 saturated carbocycles. The van der Waals surface area contributed by atoms with E-state index in [1.807, 2.05) is 0 Å². The number of halogens is 1. The van der Waals surface area contributed by atoms with E-state index in [1.165, 1.54) is 14.1 Å². The van der Waals surface area contributed by atoms with Crippen LogP contribution in [-0.2, 0) is 10.0 Å². The SMILES string of the molecule is CN(C)S(=O)(=O)CCNC(=O)c1ccc(Br)cc1. The third-order valence-electron chi connectivity index (χ3n) is 2.31. The monoisotopic (exact) mass is 334 g/mol. The molecule has 1 aromatic carbocycles. The van der Waals surface area contributed by atoms with Crippen LogP contribution in [0.15, 0.2) is 28.7 Å². The maximum Gasteiger partial charge on any atom is 0.251 e. The minimum absolute atomic E-state index is 0.0927. The van der Waals surface area contributed by atoms with Crippen LogP contribution in [0.2, 0.25) is 0 Å². The van der Waals surface area contributed by atoms with Crippen molar-refractivity contribution in [2.45, 2.75) is 0 Å². The summed E-state index contributed by atoms with van der Waals surface area (Å²) in [5.41, 5.74) is 0.500. The second kappa shape index (κ2) is 6.31. The summed E-state index contributed by atoms with van der Waals surface area (Å²) in [4.78, 5) is 11.7. The molecule has 5 nitrogen and oxygen atoms in total. The van der Waals surface area contributed by atoms with Crippen LogP contribution in [0.5, 0.6) is 0 Å². The molecule has 0 unspecified atom stereocenters. The van der Waals surface area contributed by atoms with E-state index in [0.29, 0.717) is 5.56 Å². The van der Waals surface area contributed by atoms with Crippen LogP contribution in [-0.4, -0.2) is 45.0 Å². The average molecular weight is 335 g/mol. The Morgan fingerprint density at radius 1 is 1.28 bits per heavy atom. The van der Waals surface area contributed by atoms with E-state index in [1.54, 1.807) is 24.3 Å². The third-order valence-corrected chi connectivity index (χ3v) is 4.67. The van der Waals surface area contributed by atoms with Crippen molar-refractivity contribution in [1.82, 2.24) is 9.62 Å². The van der Waals surface area contributed by atoms with Gasteiger partial charge in [0.15, 0.2) is 0 Å². The molecule has 0 aliphatic rings. The highest BCUT2D eigenvalue weighted by atomic mass is 79.9. The van der Waals surface area contributed by atoms with Gasteiger partial charge in [-0.05, 0) is 24.3 Å². The summed E-state index contributed by atoms with van der Waals surface area (Å²) >= 11 is 3.27. The van der Waals surface area contributed by atoms with Crippen molar-refractivity contribution in [2.75, 3.05) is 26.4 Å². The summed E-state index contributed by atoms with van der Waals surface area (Å²) in [5.74, 6) is -0.390. The van der Waals surface area contributed by atoms with Crippen molar-refractivity contribution in [3.63, 3.8) is 0 Å². The highest BCUT2D eigenvalue weighted by Gasteiger charge is 2.13. The Balaban J connectivity index is 2.50. The Hall–Kier alpha value is -0.920. The molecular weight excluding hydrogens is 320 g/mol. The number of hydrogen-bond acceptors (Lipinski definition) is 3. The first-order valence-electron chi connectivity index (χ1n) is 5.27. The Morgan fingerprint density at radius 2 is 1.83 bits per heavy atom. The Labute approximate surface area is 115 Å². The number of sulfonamides is 1. The van der Waals surface area contributed by atoms with Crippen molar-refractivity contribution in [2.24, 2.45) is 0 Å². The van der Waals surface area contributed by atoms with Crippen LogP contribution in [0.4, 0.5) is 0 Å². The van der Waals surface area contributed by atoms with Crippen molar-refractivity contribution >= 4 is 31.9 Å². The summed E-state index contributed by atoms with van der Waals surface area (Å²) in [6.07, 6.45) is 0. The van der Waals surface area contributed by atoms with Gasteiger partial charge < -0.3 is 5.32 Å². The molecule has 7 heteroatoms. The molecule has 0 aromatic heterocycles. The van der Waals surface area contributed by atoms with Gasteiger partial charge in [-0.1, -0.05) is 15.9 Å². The lowest BCUT2D eigenvalue weighted by Gasteiger charge is -2.11. The zero-order chi connectivity index (χ0) is 13.8. The van der Waals surface area contributed by atoms with E-state index < -0.39 is 10.0 Å². The molecule has 1 N–H and O–H groups in total. The fraction of sp³-hybridized carbons (Fsp3) is 0.364. The zero-order valence-corrected chi connectivity index (χ0v) is 12.6. The van der Waals surface area contributed by atoms with Crippen LogP contribution >= 0.6 is 15.9 Å². The van der Waals surface area contributed by atoms with Crippen molar-refractivity contribution in [3.8, 4) is 0 Å². The highest BCUT2D eigenvalue weighted by Crippen LogP contribution is 2.10. The molecule has 1 rings (SSSR count). The smallest absolute Gasteiger partial charge is 0.251 e. The number of carbonyl (C=O) groups excluding carboxylic acids is 1. The van der Waals surface area contributed by atoms with Crippen LogP contribution in [0.3, 0.4) is 0 Å². The molecule has 0 heterocycles. The van der Waals surface area contributed by atoms with Gasteiger partial charge in [0.2, 0.25) is 10.0 Å². The molecule has 0 aliphatic heterocycles. The van der Waals surface area contributed by atoms with E-state index in [-0.39, 0.29) is 18.2 Å². The third kappa shape index (κ3) is 4.40. The molecule has 18 heavy (non-hydrogen) atoms. The quantitative estimate of drug-likeness (QED) is 0.875. The number of carbonyl (C=O) groups is 1. The van der Waals surface area contributed by atoms with E-state index in [4.69, 9.17) is 0 Å². The Morgan fingerprint density at radius 3 is 2.33 bits per heavy atom. The summed E-state index contributed by atoms with van der Waals surface area (Å²) in [7, 11) is -0.343. The molecule has 100 valence electrons. The van der Waals surface area contributed by atoms with E-state index in [2.05, 4.69) is 21.2 Å². The summed E-state index contributed by atoms with van der Waals surface area (Å²) in [6, 6.07) is 6.84. The van der Waals surface area contributed by atoms with Crippen molar-refractivity contribution in [1.29, 1.82) is 0 Å². The van der Waals surface area contributed by atoms with E-state index in [0.717, 1.165) is 8.78 Å². The first kappa shape index (κ1) is 15.1. The topological polar surface area (TPSA) is 66.5 Å². The second-order valence-corrected chi connectivity index (χ2v) is 7.08. The molecule has 0 aliphatic carbocycles. The summed E-state index contributed by atoms with van der Waals surface area (Å²) in [5, 5.41) is 2.57. The fourth-order valence-corrected chi connectivity index (χ4v) is 2.17. The van der Waals surface area contributed by atoms with Gasteiger partial charge in [-0.2, -0.15) is 0 Å². The fourth-order valence-electron chi connectivity index (χ4n) is 1.18. The van der Waals surface area contributed by atoms with Gasteiger partial charge in [-0.25, -0.2) is 12.7 Å². The largest absolute Gasteiger partial charge is 0.351 e. The van der Waals surface area contributed by atoms with Gasteiger partial charge in [0.25, 0.3) is 5.91 Å². The number of nitrogens with zero attached hydrogens (tertiary/aromatic N) is 1. The van der Waals surface area contributed by atoms with Crippen LogP contribution in [0.1, 0.15) is 10.4 Å².